The Balaban J connectivity index is 2.88. The van der Waals surface area contributed by atoms with E-state index in [4.69, 9.17) is 10.8 Å². The normalized spacial score (nSPS) is 22.4. The van der Waals surface area contributed by atoms with Crippen molar-refractivity contribution in [2.75, 3.05) is 24.6 Å². The van der Waals surface area contributed by atoms with Gasteiger partial charge in [-0.3, -0.25) is 9.59 Å². The lowest BCUT2D eigenvalue weighted by atomic mass is 10.0. The molecule has 7 nitrogen and oxygen atoms in total. The van der Waals surface area contributed by atoms with Gasteiger partial charge < -0.3 is 15.7 Å². The summed E-state index contributed by atoms with van der Waals surface area (Å²) in [6.45, 7) is 1.58. The summed E-state index contributed by atoms with van der Waals surface area (Å²) in [5, 5.41) is 8.93. The molecule has 1 heterocycles. The third-order valence-electron chi connectivity index (χ3n) is 3.51. The van der Waals surface area contributed by atoms with E-state index in [1.165, 1.54) is 4.90 Å². The van der Waals surface area contributed by atoms with Crippen LogP contribution in [-0.2, 0) is 19.4 Å². The summed E-state index contributed by atoms with van der Waals surface area (Å²) in [5.41, 5.74) is 5.57. The number of rotatable bonds is 7. The van der Waals surface area contributed by atoms with E-state index < -0.39 is 34.3 Å². The summed E-state index contributed by atoms with van der Waals surface area (Å²) in [7, 11) is -3.17. The van der Waals surface area contributed by atoms with Crippen LogP contribution in [0.3, 0.4) is 0 Å². The SMILES string of the molecule is CCCC(CN)C(=O)N(CC(=O)O)C1CCS(=O)(=O)C1. The minimum atomic E-state index is -3.17. The van der Waals surface area contributed by atoms with Gasteiger partial charge in [0.15, 0.2) is 9.84 Å². The van der Waals surface area contributed by atoms with Gasteiger partial charge in [-0.1, -0.05) is 13.3 Å². The van der Waals surface area contributed by atoms with Crippen LogP contribution in [0.1, 0.15) is 26.2 Å². The van der Waals surface area contributed by atoms with Crippen LogP contribution in [0.2, 0.25) is 0 Å². The molecule has 1 amide bonds. The Morgan fingerprint density at radius 2 is 2.10 bits per heavy atom. The molecule has 0 radical (unpaired) electrons. The summed E-state index contributed by atoms with van der Waals surface area (Å²) >= 11 is 0. The lowest BCUT2D eigenvalue weighted by molar-refractivity contribution is -0.148. The second-order valence-corrected chi connectivity index (χ2v) is 7.37. The third kappa shape index (κ3) is 4.45. The molecule has 1 aliphatic heterocycles. The Hall–Kier alpha value is -1.15. The maximum atomic E-state index is 12.4. The fourth-order valence-corrected chi connectivity index (χ4v) is 4.21. The third-order valence-corrected chi connectivity index (χ3v) is 5.26. The van der Waals surface area contributed by atoms with Crippen LogP contribution in [0.5, 0.6) is 0 Å². The van der Waals surface area contributed by atoms with Crippen molar-refractivity contribution in [3.05, 3.63) is 0 Å². The fraction of sp³-hybridized carbons (Fsp3) is 0.833. The van der Waals surface area contributed by atoms with Gasteiger partial charge in [0.05, 0.1) is 17.4 Å². The van der Waals surface area contributed by atoms with Crippen molar-refractivity contribution in [2.45, 2.75) is 32.2 Å². The number of carboxylic acids is 1. The van der Waals surface area contributed by atoms with Crippen molar-refractivity contribution in [2.24, 2.45) is 11.7 Å². The molecule has 0 aromatic rings. The van der Waals surface area contributed by atoms with Crippen molar-refractivity contribution in [1.82, 2.24) is 4.90 Å². The molecule has 0 bridgehead atoms. The average molecular weight is 306 g/mol. The van der Waals surface area contributed by atoms with E-state index in [2.05, 4.69) is 0 Å². The number of amides is 1. The molecule has 20 heavy (non-hydrogen) atoms. The first-order chi connectivity index (χ1) is 9.30. The quantitative estimate of drug-likeness (QED) is 0.652. The first-order valence-corrected chi connectivity index (χ1v) is 8.55. The van der Waals surface area contributed by atoms with Crippen molar-refractivity contribution >= 4 is 21.7 Å². The van der Waals surface area contributed by atoms with Crippen molar-refractivity contribution < 1.29 is 23.1 Å². The highest BCUT2D eigenvalue weighted by molar-refractivity contribution is 7.91. The lowest BCUT2D eigenvalue weighted by Gasteiger charge is -2.30. The van der Waals surface area contributed by atoms with Gasteiger partial charge >= 0.3 is 5.97 Å². The van der Waals surface area contributed by atoms with Crippen LogP contribution in [-0.4, -0.2) is 60.9 Å². The number of hydrogen-bond donors (Lipinski definition) is 2. The Morgan fingerprint density at radius 3 is 2.50 bits per heavy atom. The number of nitrogens with zero attached hydrogens (tertiary/aromatic N) is 1. The molecule has 8 heteroatoms. The van der Waals surface area contributed by atoms with E-state index >= 15 is 0 Å². The summed E-state index contributed by atoms with van der Waals surface area (Å²) in [6, 6.07) is -0.547. The van der Waals surface area contributed by atoms with Crippen LogP contribution in [0, 0.1) is 5.92 Å². The van der Waals surface area contributed by atoms with E-state index in [0.29, 0.717) is 12.8 Å². The molecule has 116 valence electrons. The Kier molecular flexibility index (Phi) is 5.94. The zero-order valence-corrected chi connectivity index (χ0v) is 12.4. The summed E-state index contributed by atoms with van der Waals surface area (Å²) in [4.78, 5) is 24.5. The number of sulfone groups is 1. The van der Waals surface area contributed by atoms with Gasteiger partial charge in [-0.2, -0.15) is 0 Å². The largest absolute Gasteiger partial charge is 0.480 e. The molecule has 1 saturated heterocycles. The van der Waals surface area contributed by atoms with Gasteiger partial charge in [-0.15, -0.1) is 0 Å². The minimum Gasteiger partial charge on any atom is -0.480 e. The molecule has 2 atom stereocenters. The lowest BCUT2D eigenvalue weighted by Crippen LogP contribution is -2.48. The molecular formula is C12H22N2O5S. The highest BCUT2D eigenvalue weighted by Gasteiger charge is 2.37. The maximum Gasteiger partial charge on any atom is 0.323 e. The second-order valence-electron chi connectivity index (χ2n) is 5.14. The molecule has 1 rings (SSSR count). The number of aliphatic carboxylic acids is 1. The van der Waals surface area contributed by atoms with Gasteiger partial charge in [0, 0.05) is 12.6 Å². The van der Waals surface area contributed by atoms with Gasteiger partial charge in [0.25, 0.3) is 0 Å². The average Bonchev–Trinajstić information content (AvgIpc) is 2.72. The first kappa shape index (κ1) is 16.9. The smallest absolute Gasteiger partial charge is 0.323 e. The molecule has 1 aliphatic rings. The number of carboxylic acid groups (broad SMARTS) is 1. The fourth-order valence-electron chi connectivity index (χ4n) is 2.48. The van der Waals surface area contributed by atoms with E-state index in [0.717, 1.165) is 6.42 Å². The highest BCUT2D eigenvalue weighted by Crippen LogP contribution is 2.21. The first-order valence-electron chi connectivity index (χ1n) is 6.73. The number of carbonyl (C=O) groups is 2. The molecule has 2 unspecified atom stereocenters. The van der Waals surface area contributed by atoms with Gasteiger partial charge in [-0.25, -0.2) is 8.42 Å². The number of nitrogens with two attached hydrogens (primary N) is 1. The Morgan fingerprint density at radius 1 is 1.45 bits per heavy atom. The Labute approximate surface area is 119 Å². The summed E-state index contributed by atoms with van der Waals surface area (Å²) < 4.78 is 23.0. The molecule has 0 saturated carbocycles. The minimum absolute atomic E-state index is 0.00212. The standard InChI is InChI=1S/C12H22N2O5S/c1-2-3-9(6-13)12(17)14(7-11(15)16)10-4-5-20(18,19)8-10/h9-10H,2-8,13H2,1H3,(H,15,16). The maximum absolute atomic E-state index is 12.4. The predicted molar refractivity (Wildman–Crippen MR) is 73.9 cm³/mol. The number of carbonyl (C=O) groups excluding carboxylic acids is 1. The van der Waals surface area contributed by atoms with Gasteiger partial charge in [-0.05, 0) is 12.8 Å². The molecule has 1 fully saturated rings. The molecule has 0 aromatic heterocycles. The molecular weight excluding hydrogens is 284 g/mol. The molecule has 0 aromatic carbocycles. The summed E-state index contributed by atoms with van der Waals surface area (Å²) in [6.07, 6.45) is 1.63. The van der Waals surface area contributed by atoms with E-state index in [1.807, 2.05) is 6.92 Å². The summed E-state index contributed by atoms with van der Waals surface area (Å²) in [5.74, 6) is -2.09. The monoisotopic (exact) mass is 306 g/mol. The van der Waals surface area contributed by atoms with Crippen molar-refractivity contribution in [3.8, 4) is 0 Å². The second kappa shape index (κ2) is 7.03. The van der Waals surface area contributed by atoms with Gasteiger partial charge in [0.1, 0.15) is 6.54 Å². The zero-order valence-electron chi connectivity index (χ0n) is 11.6. The van der Waals surface area contributed by atoms with E-state index in [-0.39, 0.29) is 24.0 Å². The zero-order chi connectivity index (χ0) is 15.3. The topological polar surface area (TPSA) is 118 Å². The van der Waals surface area contributed by atoms with Crippen molar-refractivity contribution in [3.63, 3.8) is 0 Å². The highest BCUT2D eigenvalue weighted by atomic mass is 32.2. The van der Waals surface area contributed by atoms with Crippen LogP contribution in [0.15, 0.2) is 0 Å². The molecule has 0 spiro atoms. The van der Waals surface area contributed by atoms with Crippen LogP contribution < -0.4 is 5.73 Å². The van der Waals surface area contributed by atoms with Gasteiger partial charge in [0.2, 0.25) is 5.91 Å². The number of hydrogen-bond acceptors (Lipinski definition) is 5. The van der Waals surface area contributed by atoms with Crippen LogP contribution >= 0.6 is 0 Å². The van der Waals surface area contributed by atoms with Crippen LogP contribution in [0.25, 0.3) is 0 Å². The van der Waals surface area contributed by atoms with E-state index in [1.54, 1.807) is 0 Å². The predicted octanol–water partition coefficient (Wildman–Crippen LogP) is -0.538. The molecule has 3 N–H and O–H groups in total. The molecule has 0 aliphatic carbocycles. The Bertz CT molecular complexity index is 462. The van der Waals surface area contributed by atoms with Crippen molar-refractivity contribution in [1.29, 1.82) is 0 Å². The van der Waals surface area contributed by atoms with E-state index in [9.17, 15) is 18.0 Å². The van der Waals surface area contributed by atoms with Crippen LogP contribution in [0.4, 0.5) is 0 Å².